The number of thiazole rings is 1. The number of furan rings is 2. The van der Waals surface area contributed by atoms with Crippen LogP contribution in [0.2, 0.25) is 0 Å². The molecule has 1 fully saturated rings. The monoisotopic (exact) mass is 385 g/mol. The molecule has 1 aliphatic heterocycles. The summed E-state index contributed by atoms with van der Waals surface area (Å²) >= 11 is 1.47. The Balaban J connectivity index is 1.32. The summed E-state index contributed by atoms with van der Waals surface area (Å²) < 4.78 is 10.7. The van der Waals surface area contributed by atoms with Crippen LogP contribution >= 0.6 is 11.3 Å². The topological polar surface area (TPSA) is 79.8 Å². The minimum atomic E-state index is -0.134. The smallest absolute Gasteiger partial charge is 0.289 e. The third kappa shape index (κ3) is 3.80. The second kappa shape index (κ2) is 7.40. The first-order chi connectivity index (χ1) is 13.1. The highest BCUT2D eigenvalue weighted by Gasteiger charge is 2.26. The molecule has 7 nitrogen and oxygen atoms in total. The molecule has 4 heterocycles. The van der Waals surface area contributed by atoms with Crippen molar-refractivity contribution >= 4 is 23.2 Å². The maximum atomic E-state index is 12.6. The number of aryl methyl sites for hydroxylation is 1. The van der Waals surface area contributed by atoms with E-state index < -0.39 is 0 Å². The molecule has 1 saturated heterocycles. The van der Waals surface area contributed by atoms with Gasteiger partial charge in [0.2, 0.25) is 5.91 Å². The Hall–Kier alpha value is -2.87. The van der Waals surface area contributed by atoms with E-state index in [1.807, 2.05) is 24.4 Å². The van der Waals surface area contributed by atoms with Crippen molar-refractivity contribution in [2.45, 2.75) is 13.3 Å². The molecule has 27 heavy (non-hydrogen) atoms. The van der Waals surface area contributed by atoms with Gasteiger partial charge in [-0.05, 0) is 31.2 Å². The fourth-order valence-corrected chi connectivity index (χ4v) is 3.81. The molecule has 1 aliphatic rings. The number of aromatic nitrogens is 1. The second-order valence-corrected chi connectivity index (χ2v) is 7.24. The van der Waals surface area contributed by atoms with Crippen molar-refractivity contribution < 1.29 is 18.4 Å². The van der Waals surface area contributed by atoms with Crippen LogP contribution in [-0.2, 0) is 11.2 Å². The zero-order chi connectivity index (χ0) is 18.8. The van der Waals surface area contributed by atoms with Crippen molar-refractivity contribution in [3.05, 3.63) is 53.1 Å². The number of hydrogen-bond acceptors (Lipinski definition) is 6. The largest absolute Gasteiger partial charge is 0.459 e. The minimum Gasteiger partial charge on any atom is -0.459 e. The summed E-state index contributed by atoms with van der Waals surface area (Å²) in [6.07, 6.45) is 1.74. The fraction of sp³-hybridized carbons (Fsp3) is 0.316. The van der Waals surface area contributed by atoms with Gasteiger partial charge in [0.25, 0.3) is 5.91 Å². The van der Waals surface area contributed by atoms with Crippen LogP contribution in [0, 0.1) is 6.92 Å². The van der Waals surface area contributed by atoms with Crippen LogP contribution in [-0.4, -0.2) is 52.8 Å². The van der Waals surface area contributed by atoms with Crippen molar-refractivity contribution in [3.63, 3.8) is 0 Å². The maximum absolute atomic E-state index is 12.6. The summed E-state index contributed by atoms with van der Waals surface area (Å²) in [6, 6.07) is 7.12. The Labute approximate surface area is 160 Å². The molecular weight excluding hydrogens is 366 g/mol. The number of amides is 2. The van der Waals surface area contributed by atoms with Crippen LogP contribution in [0.15, 0.2) is 44.7 Å². The predicted octanol–water partition coefficient (Wildman–Crippen LogP) is 2.83. The first-order valence-electron chi connectivity index (χ1n) is 8.72. The summed E-state index contributed by atoms with van der Waals surface area (Å²) in [5, 5.41) is 2.67. The van der Waals surface area contributed by atoms with E-state index in [1.165, 1.54) is 17.6 Å². The Kier molecular flexibility index (Phi) is 4.81. The number of carbonyl (C=O) groups is 2. The van der Waals surface area contributed by atoms with Gasteiger partial charge < -0.3 is 18.6 Å². The molecular formula is C19H19N3O4S. The van der Waals surface area contributed by atoms with Gasteiger partial charge in [0.05, 0.1) is 18.4 Å². The Morgan fingerprint density at radius 3 is 2.59 bits per heavy atom. The molecule has 140 valence electrons. The van der Waals surface area contributed by atoms with Crippen LogP contribution in [0.4, 0.5) is 0 Å². The van der Waals surface area contributed by atoms with E-state index in [9.17, 15) is 9.59 Å². The van der Waals surface area contributed by atoms with Crippen molar-refractivity contribution in [2.75, 3.05) is 26.2 Å². The van der Waals surface area contributed by atoms with Gasteiger partial charge in [-0.15, -0.1) is 11.3 Å². The molecule has 3 aromatic heterocycles. The molecule has 2 amide bonds. The van der Waals surface area contributed by atoms with Gasteiger partial charge in [-0.25, -0.2) is 4.98 Å². The molecule has 0 radical (unpaired) electrons. The number of piperazine rings is 1. The third-order valence-electron chi connectivity index (χ3n) is 4.49. The molecule has 0 aliphatic carbocycles. The Morgan fingerprint density at radius 1 is 1.15 bits per heavy atom. The summed E-state index contributed by atoms with van der Waals surface area (Å²) in [6.45, 7) is 3.91. The lowest BCUT2D eigenvalue weighted by molar-refractivity contribution is -0.132. The van der Waals surface area contributed by atoms with E-state index in [1.54, 1.807) is 21.9 Å². The van der Waals surface area contributed by atoms with Gasteiger partial charge in [-0.2, -0.15) is 0 Å². The quantitative estimate of drug-likeness (QED) is 0.690. The molecule has 0 aromatic carbocycles. The molecule has 0 bridgehead atoms. The predicted molar refractivity (Wildman–Crippen MR) is 99.4 cm³/mol. The molecule has 0 spiro atoms. The van der Waals surface area contributed by atoms with Crippen LogP contribution in [0.5, 0.6) is 0 Å². The van der Waals surface area contributed by atoms with E-state index in [4.69, 9.17) is 8.83 Å². The van der Waals surface area contributed by atoms with Crippen LogP contribution in [0.25, 0.3) is 10.8 Å². The Bertz CT molecular complexity index is 936. The van der Waals surface area contributed by atoms with E-state index in [2.05, 4.69) is 4.98 Å². The highest BCUT2D eigenvalue weighted by molar-refractivity contribution is 7.13. The minimum absolute atomic E-state index is 0.0209. The highest BCUT2D eigenvalue weighted by atomic mass is 32.1. The SMILES string of the molecule is Cc1ccc(-c2nc(CC(=O)N3CCN(C(=O)c4ccco4)CC3)cs2)o1. The average molecular weight is 385 g/mol. The standard InChI is InChI=1S/C19H19N3O4S/c1-13-4-5-15(26-13)18-20-14(12-27-18)11-17(23)21-6-8-22(9-7-21)19(24)16-3-2-10-25-16/h2-5,10,12H,6-9,11H2,1H3. The van der Waals surface area contributed by atoms with Crippen molar-refractivity contribution in [3.8, 4) is 10.8 Å². The lowest BCUT2D eigenvalue weighted by atomic mass is 10.2. The average Bonchev–Trinajstić information content (AvgIpc) is 3.43. The molecule has 0 unspecified atom stereocenters. The highest BCUT2D eigenvalue weighted by Crippen LogP contribution is 2.26. The van der Waals surface area contributed by atoms with Gasteiger partial charge in [0.15, 0.2) is 16.5 Å². The molecule has 0 atom stereocenters. The van der Waals surface area contributed by atoms with Crippen molar-refractivity contribution in [1.29, 1.82) is 0 Å². The number of nitrogens with zero attached hydrogens (tertiary/aromatic N) is 3. The lowest BCUT2D eigenvalue weighted by Gasteiger charge is -2.34. The van der Waals surface area contributed by atoms with E-state index in [0.717, 1.165) is 22.2 Å². The van der Waals surface area contributed by atoms with Gasteiger partial charge in [0.1, 0.15) is 5.76 Å². The van der Waals surface area contributed by atoms with Crippen LogP contribution in [0.3, 0.4) is 0 Å². The van der Waals surface area contributed by atoms with Crippen molar-refractivity contribution in [2.24, 2.45) is 0 Å². The molecule has 0 N–H and O–H groups in total. The first-order valence-corrected chi connectivity index (χ1v) is 9.60. The molecule has 3 aromatic rings. The first kappa shape index (κ1) is 17.5. The van der Waals surface area contributed by atoms with E-state index in [0.29, 0.717) is 31.9 Å². The lowest BCUT2D eigenvalue weighted by Crippen LogP contribution is -2.50. The maximum Gasteiger partial charge on any atom is 0.289 e. The number of carbonyl (C=O) groups excluding carboxylic acids is 2. The Morgan fingerprint density at radius 2 is 1.93 bits per heavy atom. The van der Waals surface area contributed by atoms with Gasteiger partial charge in [-0.3, -0.25) is 9.59 Å². The van der Waals surface area contributed by atoms with Crippen molar-refractivity contribution in [1.82, 2.24) is 14.8 Å². The van der Waals surface area contributed by atoms with E-state index >= 15 is 0 Å². The third-order valence-corrected chi connectivity index (χ3v) is 5.39. The number of rotatable bonds is 4. The number of hydrogen-bond donors (Lipinski definition) is 0. The van der Waals surface area contributed by atoms with E-state index in [-0.39, 0.29) is 18.2 Å². The summed E-state index contributed by atoms with van der Waals surface area (Å²) in [7, 11) is 0. The van der Waals surface area contributed by atoms with Gasteiger partial charge in [0, 0.05) is 31.6 Å². The summed E-state index contributed by atoms with van der Waals surface area (Å²) in [5.74, 6) is 1.77. The zero-order valence-electron chi connectivity index (χ0n) is 14.9. The summed E-state index contributed by atoms with van der Waals surface area (Å²) in [4.78, 5) is 32.8. The van der Waals surface area contributed by atoms with Gasteiger partial charge >= 0.3 is 0 Å². The molecule has 0 saturated carbocycles. The van der Waals surface area contributed by atoms with Crippen LogP contribution < -0.4 is 0 Å². The second-order valence-electron chi connectivity index (χ2n) is 6.38. The summed E-state index contributed by atoms with van der Waals surface area (Å²) in [5.41, 5.74) is 0.739. The van der Waals surface area contributed by atoms with Crippen LogP contribution in [0.1, 0.15) is 22.0 Å². The zero-order valence-corrected chi connectivity index (χ0v) is 15.7. The van der Waals surface area contributed by atoms with Gasteiger partial charge in [-0.1, -0.05) is 0 Å². The molecule has 8 heteroatoms. The fourth-order valence-electron chi connectivity index (χ4n) is 3.03. The molecule has 4 rings (SSSR count). The normalized spacial score (nSPS) is 14.6.